The summed E-state index contributed by atoms with van der Waals surface area (Å²) < 4.78 is 18.0. The van der Waals surface area contributed by atoms with Gasteiger partial charge < -0.3 is 23.8 Å². The Hall–Kier alpha value is -3.52. The van der Waals surface area contributed by atoms with Crippen LogP contribution in [0.25, 0.3) is 0 Å². The van der Waals surface area contributed by atoms with Crippen molar-refractivity contribution in [2.24, 2.45) is 0 Å². The molecule has 3 heterocycles. The topological polar surface area (TPSA) is 85.9 Å². The molecule has 1 aliphatic rings. The first-order valence-electron chi connectivity index (χ1n) is 10.6. The standard InChI is InChI=1S/C24H27N3O5/c1-30-20-8-4-3-6-17(20)15-25-24(29)23-19-9-10-26(16-18-7-5-13-32-18)11-12-27(19)22(28)14-21(23)31-2/h3-8,13-14H,9-12,15-16H2,1-2H3,(H,25,29). The Morgan fingerprint density at radius 3 is 2.62 bits per heavy atom. The Labute approximate surface area is 186 Å². The van der Waals surface area contributed by atoms with Crippen molar-refractivity contribution in [1.29, 1.82) is 0 Å². The highest BCUT2D eigenvalue weighted by atomic mass is 16.5. The van der Waals surface area contributed by atoms with E-state index in [9.17, 15) is 9.59 Å². The molecule has 3 aromatic rings. The molecule has 168 valence electrons. The Morgan fingerprint density at radius 1 is 1.06 bits per heavy atom. The molecule has 4 rings (SSSR count). The molecule has 1 amide bonds. The van der Waals surface area contributed by atoms with E-state index in [-0.39, 0.29) is 11.5 Å². The number of nitrogens with one attached hydrogen (secondary N) is 1. The van der Waals surface area contributed by atoms with Crippen LogP contribution in [0, 0.1) is 0 Å². The number of amides is 1. The lowest BCUT2D eigenvalue weighted by molar-refractivity contribution is 0.0945. The Morgan fingerprint density at radius 2 is 1.88 bits per heavy atom. The lowest BCUT2D eigenvalue weighted by atomic mass is 10.1. The lowest BCUT2D eigenvalue weighted by Crippen LogP contribution is -2.31. The first-order valence-corrected chi connectivity index (χ1v) is 10.6. The summed E-state index contributed by atoms with van der Waals surface area (Å²) in [6.45, 7) is 2.82. The van der Waals surface area contributed by atoms with Gasteiger partial charge in [-0.3, -0.25) is 14.5 Å². The van der Waals surface area contributed by atoms with Crippen LogP contribution < -0.4 is 20.3 Å². The first-order chi connectivity index (χ1) is 15.6. The van der Waals surface area contributed by atoms with Gasteiger partial charge in [0.05, 0.1) is 27.0 Å². The number of pyridine rings is 1. The molecular formula is C24H27N3O5. The molecule has 0 radical (unpaired) electrons. The number of hydrogen-bond acceptors (Lipinski definition) is 6. The molecule has 1 N–H and O–H groups in total. The van der Waals surface area contributed by atoms with Crippen LogP contribution in [-0.2, 0) is 26.1 Å². The average Bonchev–Trinajstić information content (AvgIpc) is 3.23. The number of aromatic nitrogens is 1. The maximum Gasteiger partial charge on any atom is 0.257 e. The van der Waals surface area contributed by atoms with Crippen molar-refractivity contribution in [3.63, 3.8) is 0 Å². The van der Waals surface area contributed by atoms with Crippen molar-refractivity contribution in [2.75, 3.05) is 27.3 Å². The monoisotopic (exact) mass is 437 g/mol. The van der Waals surface area contributed by atoms with Crippen LogP contribution in [0.15, 0.2) is 57.9 Å². The molecule has 0 unspecified atom stereocenters. The highest BCUT2D eigenvalue weighted by Gasteiger charge is 2.25. The van der Waals surface area contributed by atoms with Crippen LogP contribution in [0.2, 0.25) is 0 Å². The van der Waals surface area contributed by atoms with Gasteiger partial charge in [-0.1, -0.05) is 18.2 Å². The molecule has 0 fully saturated rings. The molecule has 0 aliphatic carbocycles. The molecule has 2 aromatic heterocycles. The highest BCUT2D eigenvalue weighted by Crippen LogP contribution is 2.24. The van der Waals surface area contributed by atoms with Gasteiger partial charge >= 0.3 is 0 Å². The summed E-state index contributed by atoms with van der Waals surface area (Å²) in [5, 5.41) is 2.96. The third-order valence-corrected chi connectivity index (χ3v) is 5.72. The number of benzene rings is 1. The maximum absolute atomic E-state index is 13.3. The van der Waals surface area contributed by atoms with Gasteiger partial charge in [0.2, 0.25) is 0 Å². The third kappa shape index (κ3) is 4.55. The number of rotatable bonds is 7. The SMILES string of the molecule is COc1ccccc1CNC(=O)c1c(OC)cc(=O)n2c1CCN(Cc1ccco1)CC2. The van der Waals surface area contributed by atoms with E-state index in [0.29, 0.717) is 61.9 Å². The van der Waals surface area contributed by atoms with E-state index in [1.807, 2.05) is 36.4 Å². The van der Waals surface area contributed by atoms with Gasteiger partial charge in [0.1, 0.15) is 22.8 Å². The molecule has 0 saturated carbocycles. The predicted octanol–water partition coefficient (Wildman–Crippen LogP) is 2.45. The van der Waals surface area contributed by atoms with Gasteiger partial charge in [-0.2, -0.15) is 0 Å². The predicted molar refractivity (Wildman–Crippen MR) is 119 cm³/mol. The number of furan rings is 1. The summed E-state index contributed by atoms with van der Waals surface area (Å²) in [4.78, 5) is 28.2. The van der Waals surface area contributed by atoms with Gasteiger partial charge in [0.15, 0.2) is 0 Å². The second-order valence-electron chi connectivity index (χ2n) is 7.62. The molecular weight excluding hydrogens is 410 g/mol. The van der Waals surface area contributed by atoms with Crippen LogP contribution in [0.3, 0.4) is 0 Å². The first kappa shape index (κ1) is 21.7. The van der Waals surface area contributed by atoms with Crippen molar-refractivity contribution < 1.29 is 18.7 Å². The Balaban J connectivity index is 1.59. The summed E-state index contributed by atoms with van der Waals surface area (Å²) in [6, 6.07) is 12.7. The van der Waals surface area contributed by atoms with E-state index in [2.05, 4.69) is 10.2 Å². The average molecular weight is 437 g/mol. The maximum atomic E-state index is 13.3. The molecule has 0 saturated heterocycles. The van der Waals surface area contributed by atoms with Crippen LogP contribution >= 0.6 is 0 Å². The van der Waals surface area contributed by atoms with E-state index in [0.717, 1.165) is 11.3 Å². The number of para-hydroxylation sites is 1. The van der Waals surface area contributed by atoms with Crippen LogP contribution in [0.4, 0.5) is 0 Å². The summed E-state index contributed by atoms with van der Waals surface area (Å²) in [7, 11) is 3.07. The molecule has 8 heteroatoms. The minimum atomic E-state index is -0.281. The second kappa shape index (κ2) is 9.74. The van der Waals surface area contributed by atoms with Crippen molar-refractivity contribution in [3.8, 4) is 11.5 Å². The third-order valence-electron chi connectivity index (χ3n) is 5.72. The zero-order valence-electron chi connectivity index (χ0n) is 18.3. The van der Waals surface area contributed by atoms with E-state index >= 15 is 0 Å². The number of nitrogens with zero attached hydrogens (tertiary/aromatic N) is 2. The van der Waals surface area contributed by atoms with Crippen LogP contribution in [-0.4, -0.2) is 42.7 Å². The van der Waals surface area contributed by atoms with E-state index in [1.165, 1.54) is 13.2 Å². The minimum Gasteiger partial charge on any atom is -0.496 e. The van der Waals surface area contributed by atoms with Gasteiger partial charge in [0.25, 0.3) is 11.5 Å². The number of carbonyl (C=O) groups is 1. The number of methoxy groups -OCH3 is 2. The molecule has 0 spiro atoms. The molecule has 1 aliphatic heterocycles. The molecule has 0 bridgehead atoms. The van der Waals surface area contributed by atoms with Crippen molar-refractivity contribution in [2.45, 2.75) is 26.1 Å². The smallest absolute Gasteiger partial charge is 0.257 e. The molecule has 0 atom stereocenters. The molecule has 8 nitrogen and oxygen atoms in total. The number of carbonyl (C=O) groups excluding carboxylic acids is 1. The van der Waals surface area contributed by atoms with Crippen LogP contribution in [0.1, 0.15) is 27.4 Å². The number of hydrogen-bond donors (Lipinski definition) is 1. The van der Waals surface area contributed by atoms with Gasteiger partial charge in [-0.15, -0.1) is 0 Å². The fourth-order valence-corrected chi connectivity index (χ4v) is 4.09. The Bertz CT molecular complexity index is 1140. The lowest BCUT2D eigenvalue weighted by Gasteiger charge is -2.17. The molecule has 32 heavy (non-hydrogen) atoms. The van der Waals surface area contributed by atoms with Gasteiger partial charge in [-0.25, -0.2) is 0 Å². The largest absolute Gasteiger partial charge is 0.496 e. The van der Waals surface area contributed by atoms with Gasteiger partial charge in [0, 0.05) is 49.9 Å². The Kier molecular flexibility index (Phi) is 6.61. The summed E-state index contributed by atoms with van der Waals surface area (Å²) in [6.07, 6.45) is 2.20. The number of fused-ring (bicyclic) bond motifs is 1. The quantitative estimate of drug-likeness (QED) is 0.611. The minimum absolute atomic E-state index is 0.169. The zero-order valence-corrected chi connectivity index (χ0v) is 18.3. The number of ether oxygens (including phenoxy) is 2. The van der Waals surface area contributed by atoms with Crippen LogP contribution in [0.5, 0.6) is 11.5 Å². The van der Waals surface area contributed by atoms with E-state index in [4.69, 9.17) is 13.9 Å². The normalized spacial score (nSPS) is 13.8. The highest BCUT2D eigenvalue weighted by molar-refractivity contribution is 5.98. The summed E-state index contributed by atoms with van der Waals surface area (Å²) >= 11 is 0. The fourth-order valence-electron chi connectivity index (χ4n) is 4.09. The zero-order chi connectivity index (χ0) is 22.5. The van der Waals surface area contributed by atoms with Crippen molar-refractivity contribution >= 4 is 5.91 Å². The summed E-state index contributed by atoms with van der Waals surface area (Å²) in [5.74, 6) is 1.58. The van der Waals surface area contributed by atoms with E-state index < -0.39 is 0 Å². The second-order valence-corrected chi connectivity index (χ2v) is 7.62. The summed E-state index contributed by atoms with van der Waals surface area (Å²) in [5.41, 5.74) is 1.79. The van der Waals surface area contributed by atoms with Crippen molar-refractivity contribution in [3.05, 3.63) is 81.7 Å². The van der Waals surface area contributed by atoms with Crippen molar-refractivity contribution in [1.82, 2.24) is 14.8 Å². The van der Waals surface area contributed by atoms with E-state index in [1.54, 1.807) is 17.9 Å². The van der Waals surface area contributed by atoms with Gasteiger partial charge in [-0.05, 0) is 18.2 Å². The fraction of sp³-hybridized carbons (Fsp3) is 0.333. The molecule has 1 aromatic carbocycles.